The third kappa shape index (κ3) is 4.50. The second-order valence-electron chi connectivity index (χ2n) is 7.93. The van der Waals surface area contributed by atoms with Crippen molar-refractivity contribution in [1.29, 1.82) is 0 Å². The molecule has 2 aliphatic heterocycles. The number of nitrogens with one attached hydrogen (secondary N) is 1. The molecule has 4 rings (SSSR count). The van der Waals surface area contributed by atoms with Gasteiger partial charge in [0.1, 0.15) is 5.75 Å². The zero-order chi connectivity index (χ0) is 21.1. The number of carbonyl (C=O) groups is 2. The van der Waals surface area contributed by atoms with E-state index in [9.17, 15) is 9.59 Å². The molecule has 1 saturated heterocycles. The summed E-state index contributed by atoms with van der Waals surface area (Å²) in [4.78, 5) is 26.3. The van der Waals surface area contributed by atoms with E-state index in [-0.39, 0.29) is 31.1 Å². The molecule has 0 aliphatic carbocycles. The van der Waals surface area contributed by atoms with Crippen LogP contribution in [0.2, 0.25) is 0 Å². The van der Waals surface area contributed by atoms with Crippen LogP contribution in [0.5, 0.6) is 17.2 Å². The number of hydrogen-bond donors (Lipinski definition) is 1. The molecule has 2 heterocycles. The average molecular weight is 410 g/mol. The molecule has 158 valence electrons. The van der Waals surface area contributed by atoms with E-state index in [1.807, 2.05) is 42.5 Å². The van der Waals surface area contributed by atoms with Crippen LogP contribution in [0.3, 0.4) is 0 Å². The Bertz CT molecular complexity index is 926. The Labute approximate surface area is 175 Å². The summed E-state index contributed by atoms with van der Waals surface area (Å²) >= 11 is 0. The van der Waals surface area contributed by atoms with Crippen LogP contribution in [0.15, 0.2) is 42.5 Å². The van der Waals surface area contributed by atoms with Gasteiger partial charge in [0.25, 0.3) is 5.91 Å². The predicted molar refractivity (Wildman–Crippen MR) is 112 cm³/mol. The molecule has 7 heteroatoms. The van der Waals surface area contributed by atoms with Crippen molar-refractivity contribution in [2.75, 3.05) is 31.4 Å². The number of ether oxygens (including phenoxy) is 3. The summed E-state index contributed by atoms with van der Waals surface area (Å²) in [6.45, 7) is 5.39. The summed E-state index contributed by atoms with van der Waals surface area (Å²) < 4.78 is 16.3. The fraction of sp³-hybridized carbons (Fsp3) is 0.391. The number of carbonyl (C=O) groups excluding carboxylic acids is 2. The third-order valence-corrected chi connectivity index (χ3v) is 5.38. The molecule has 2 aliphatic rings. The van der Waals surface area contributed by atoms with Crippen molar-refractivity contribution in [2.24, 2.45) is 5.92 Å². The van der Waals surface area contributed by atoms with E-state index in [0.717, 1.165) is 5.69 Å². The maximum atomic E-state index is 12.4. The predicted octanol–water partition coefficient (Wildman–Crippen LogP) is 3.09. The van der Waals surface area contributed by atoms with Crippen molar-refractivity contribution in [3.8, 4) is 17.2 Å². The summed E-state index contributed by atoms with van der Waals surface area (Å²) in [5.41, 5.74) is 2.01. The van der Waals surface area contributed by atoms with Gasteiger partial charge in [0.15, 0.2) is 18.1 Å². The van der Waals surface area contributed by atoms with Crippen LogP contribution in [-0.4, -0.2) is 38.3 Å². The first-order chi connectivity index (χ1) is 14.5. The average Bonchev–Trinajstić information content (AvgIpc) is 3.36. The molecular formula is C23H26N2O5. The van der Waals surface area contributed by atoms with Gasteiger partial charge in [0, 0.05) is 37.2 Å². The van der Waals surface area contributed by atoms with Crippen molar-refractivity contribution in [1.82, 2.24) is 5.32 Å². The van der Waals surface area contributed by atoms with Gasteiger partial charge >= 0.3 is 0 Å². The topological polar surface area (TPSA) is 77.1 Å². The van der Waals surface area contributed by atoms with E-state index in [1.54, 1.807) is 4.90 Å². The summed E-state index contributed by atoms with van der Waals surface area (Å²) in [5, 5.41) is 2.87. The molecule has 2 aromatic carbocycles. The fourth-order valence-electron chi connectivity index (χ4n) is 3.63. The zero-order valence-corrected chi connectivity index (χ0v) is 17.2. The smallest absolute Gasteiger partial charge is 0.257 e. The van der Waals surface area contributed by atoms with Crippen molar-refractivity contribution in [2.45, 2.75) is 26.2 Å². The molecule has 0 spiro atoms. The van der Waals surface area contributed by atoms with Gasteiger partial charge in [-0.2, -0.15) is 0 Å². The molecule has 0 radical (unpaired) electrons. The first-order valence-corrected chi connectivity index (χ1v) is 10.2. The highest BCUT2D eigenvalue weighted by Crippen LogP contribution is 2.37. The van der Waals surface area contributed by atoms with E-state index in [4.69, 9.17) is 14.2 Å². The van der Waals surface area contributed by atoms with Crippen molar-refractivity contribution in [3.63, 3.8) is 0 Å². The summed E-state index contributed by atoms with van der Waals surface area (Å²) in [6, 6.07) is 13.2. The van der Waals surface area contributed by atoms with Gasteiger partial charge < -0.3 is 24.4 Å². The monoisotopic (exact) mass is 410 g/mol. The van der Waals surface area contributed by atoms with Gasteiger partial charge in [0.05, 0.1) is 0 Å². The molecule has 2 amide bonds. The number of amides is 2. The van der Waals surface area contributed by atoms with Gasteiger partial charge in [-0.05, 0) is 35.7 Å². The molecule has 30 heavy (non-hydrogen) atoms. The Kier molecular flexibility index (Phi) is 5.79. The van der Waals surface area contributed by atoms with Gasteiger partial charge in [-0.25, -0.2) is 0 Å². The highest BCUT2D eigenvalue weighted by Gasteiger charge is 2.31. The molecule has 0 bridgehead atoms. The van der Waals surface area contributed by atoms with E-state index in [1.165, 1.54) is 5.56 Å². The molecule has 0 saturated carbocycles. The van der Waals surface area contributed by atoms with Gasteiger partial charge in [-0.1, -0.05) is 26.0 Å². The molecular weight excluding hydrogens is 384 g/mol. The molecule has 0 aromatic heterocycles. The van der Waals surface area contributed by atoms with Crippen molar-refractivity contribution >= 4 is 17.5 Å². The normalized spacial score (nSPS) is 17.5. The van der Waals surface area contributed by atoms with Crippen molar-refractivity contribution < 1.29 is 23.8 Å². The largest absolute Gasteiger partial charge is 0.484 e. The number of benzene rings is 2. The Morgan fingerprint density at radius 2 is 1.93 bits per heavy atom. The van der Waals surface area contributed by atoms with Crippen LogP contribution in [-0.2, 0) is 9.59 Å². The second-order valence-corrected chi connectivity index (χ2v) is 7.93. The Morgan fingerprint density at radius 1 is 1.17 bits per heavy atom. The van der Waals surface area contributed by atoms with Gasteiger partial charge in [0.2, 0.25) is 12.7 Å². The number of fused-ring (bicyclic) bond motifs is 1. The molecule has 1 atom stereocenters. The Hall–Kier alpha value is -3.22. The third-order valence-electron chi connectivity index (χ3n) is 5.38. The molecule has 2 aromatic rings. The standard InChI is InChI=1S/C23H26N2O5/c1-15(2)17-3-6-19(7-4-17)28-13-22(26)24-11-16-9-23(27)25(12-16)18-5-8-20-21(10-18)30-14-29-20/h3-8,10,15-16H,9,11-14H2,1-2H3,(H,24,26)/t16-/m0/s1. The maximum Gasteiger partial charge on any atom is 0.257 e. The first kappa shape index (κ1) is 20.1. The quantitative estimate of drug-likeness (QED) is 0.759. The van der Waals surface area contributed by atoms with Gasteiger partial charge in [-0.3, -0.25) is 9.59 Å². The van der Waals surface area contributed by atoms with E-state index >= 15 is 0 Å². The van der Waals surface area contributed by atoms with Gasteiger partial charge in [-0.15, -0.1) is 0 Å². The van der Waals surface area contributed by atoms with Crippen LogP contribution in [0.1, 0.15) is 31.7 Å². The number of rotatable bonds is 7. The summed E-state index contributed by atoms with van der Waals surface area (Å²) in [5.74, 6) is 2.35. The summed E-state index contributed by atoms with van der Waals surface area (Å²) in [6.07, 6.45) is 0.395. The minimum absolute atomic E-state index is 0.0367. The van der Waals surface area contributed by atoms with Crippen LogP contribution in [0.4, 0.5) is 5.69 Å². The number of nitrogens with zero attached hydrogens (tertiary/aromatic N) is 1. The second kappa shape index (κ2) is 8.65. The molecule has 0 unspecified atom stereocenters. The molecule has 1 N–H and O–H groups in total. The van der Waals surface area contributed by atoms with Crippen LogP contribution in [0, 0.1) is 5.92 Å². The molecule has 7 nitrogen and oxygen atoms in total. The Balaban J connectivity index is 1.24. The molecule has 1 fully saturated rings. The van der Waals surface area contributed by atoms with Crippen LogP contribution < -0.4 is 24.4 Å². The lowest BCUT2D eigenvalue weighted by Gasteiger charge is -2.17. The lowest BCUT2D eigenvalue weighted by Crippen LogP contribution is -2.34. The lowest BCUT2D eigenvalue weighted by atomic mass is 10.0. The highest BCUT2D eigenvalue weighted by atomic mass is 16.7. The highest BCUT2D eigenvalue weighted by molar-refractivity contribution is 5.96. The Morgan fingerprint density at radius 3 is 2.70 bits per heavy atom. The van der Waals surface area contributed by atoms with Crippen LogP contribution in [0.25, 0.3) is 0 Å². The minimum Gasteiger partial charge on any atom is -0.484 e. The zero-order valence-electron chi connectivity index (χ0n) is 17.2. The summed E-state index contributed by atoms with van der Waals surface area (Å²) in [7, 11) is 0. The van der Waals surface area contributed by atoms with Crippen LogP contribution >= 0.6 is 0 Å². The van der Waals surface area contributed by atoms with E-state index in [2.05, 4.69) is 19.2 Å². The SMILES string of the molecule is CC(C)c1ccc(OCC(=O)NC[C@@H]2CC(=O)N(c3ccc4c(c3)OCO4)C2)cc1. The fourth-order valence-corrected chi connectivity index (χ4v) is 3.63. The first-order valence-electron chi connectivity index (χ1n) is 10.2. The maximum absolute atomic E-state index is 12.4. The lowest BCUT2D eigenvalue weighted by molar-refractivity contribution is -0.123. The minimum atomic E-state index is -0.197. The van der Waals surface area contributed by atoms with Crippen molar-refractivity contribution in [3.05, 3.63) is 48.0 Å². The van der Waals surface area contributed by atoms with E-state index < -0.39 is 0 Å². The number of hydrogen-bond acceptors (Lipinski definition) is 5. The van der Waals surface area contributed by atoms with E-state index in [0.29, 0.717) is 42.7 Å². The number of anilines is 1.